The highest BCUT2D eigenvalue weighted by Gasteiger charge is 2.35. The van der Waals surface area contributed by atoms with Crippen LogP contribution in [0.5, 0.6) is 0 Å². The van der Waals surface area contributed by atoms with E-state index in [1.807, 2.05) is 0 Å². The summed E-state index contributed by atoms with van der Waals surface area (Å²) < 4.78 is 64.0. The molecule has 0 heterocycles. The van der Waals surface area contributed by atoms with Crippen molar-refractivity contribution in [2.75, 3.05) is 24.2 Å². The van der Waals surface area contributed by atoms with Crippen molar-refractivity contribution >= 4 is 33.2 Å². The number of likely N-dealkylation sites (N-methyl/N-ethyl adjacent to an activating group) is 1. The predicted molar refractivity (Wildman–Crippen MR) is 99.7 cm³/mol. The molecule has 0 saturated heterocycles. The summed E-state index contributed by atoms with van der Waals surface area (Å²) in [6.45, 7) is -0.723. The number of amides is 1. The first-order chi connectivity index (χ1) is 12.8. The van der Waals surface area contributed by atoms with Gasteiger partial charge in [0.05, 0.1) is 34.7 Å². The van der Waals surface area contributed by atoms with Crippen molar-refractivity contribution in [3.05, 3.63) is 28.8 Å². The third-order valence-electron chi connectivity index (χ3n) is 4.81. The van der Waals surface area contributed by atoms with E-state index < -0.39 is 52.0 Å². The Morgan fingerprint density at radius 3 is 2.43 bits per heavy atom. The molecule has 6 nitrogen and oxygen atoms in total. The van der Waals surface area contributed by atoms with Crippen LogP contribution in [-0.2, 0) is 21.0 Å². The van der Waals surface area contributed by atoms with Crippen LogP contribution in [0.4, 0.5) is 18.9 Å². The van der Waals surface area contributed by atoms with E-state index in [-0.39, 0.29) is 5.02 Å². The van der Waals surface area contributed by atoms with Gasteiger partial charge in [0.15, 0.2) is 0 Å². The molecule has 2 atom stereocenters. The standard InChI is InChI=1S/C17H22ClF3N2O4S/c1-22(13-5-3-4-6-15(13)24)16(25)10-23(28(2,26)27)14-9-11(17(19,20)21)7-8-12(14)18/h7-9,13,15,24H,3-6,10H2,1-2H3. The summed E-state index contributed by atoms with van der Waals surface area (Å²) in [6, 6.07) is 1.81. The number of rotatable bonds is 5. The zero-order chi connectivity index (χ0) is 21.3. The van der Waals surface area contributed by atoms with E-state index in [4.69, 9.17) is 11.6 Å². The second-order valence-electron chi connectivity index (χ2n) is 6.86. The molecule has 11 heteroatoms. The van der Waals surface area contributed by atoms with E-state index in [1.165, 1.54) is 11.9 Å². The SMILES string of the molecule is CN(C(=O)CN(c1cc(C(F)(F)F)ccc1Cl)S(C)(=O)=O)C1CCCCC1O. The highest BCUT2D eigenvalue weighted by Crippen LogP contribution is 2.36. The molecule has 2 rings (SSSR count). The van der Waals surface area contributed by atoms with Crippen LogP contribution < -0.4 is 4.31 Å². The van der Waals surface area contributed by atoms with Crippen molar-refractivity contribution in [2.45, 2.75) is 44.0 Å². The van der Waals surface area contributed by atoms with Gasteiger partial charge in [-0.1, -0.05) is 24.4 Å². The van der Waals surface area contributed by atoms with E-state index in [2.05, 4.69) is 0 Å². The summed E-state index contributed by atoms with van der Waals surface area (Å²) in [6.07, 6.45) is -1.92. The largest absolute Gasteiger partial charge is 0.416 e. The van der Waals surface area contributed by atoms with Crippen LogP contribution in [0.1, 0.15) is 31.2 Å². The Bertz CT molecular complexity index is 832. The number of alkyl halides is 3. The molecule has 1 aliphatic carbocycles. The highest BCUT2D eigenvalue weighted by atomic mass is 35.5. The molecule has 28 heavy (non-hydrogen) atoms. The monoisotopic (exact) mass is 442 g/mol. The number of carbonyl (C=O) groups is 1. The van der Waals surface area contributed by atoms with E-state index in [0.717, 1.165) is 31.2 Å². The fourth-order valence-corrected chi connectivity index (χ4v) is 4.35. The molecule has 1 saturated carbocycles. The molecule has 0 aliphatic heterocycles. The van der Waals surface area contributed by atoms with Crippen molar-refractivity contribution in [1.82, 2.24) is 4.90 Å². The average Bonchev–Trinajstić information content (AvgIpc) is 2.58. The fourth-order valence-electron chi connectivity index (χ4n) is 3.22. The van der Waals surface area contributed by atoms with Crippen molar-refractivity contribution in [3.8, 4) is 0 Å². The Morgan fingerprint density at radius 2 is 1.89 bits per heavy atom. The number of halogens is 4. The van der Waals surface area contributed by atoms with E-state index in [1.54, 1.807) is 0 Å². The first kappa shape index (κ1) is 22.8. The van der Waals surface area contributed by atoms with Gasteiger partial charge in [0.2, 0.25) is 15.9 Å². The van der Waals surface area contributed by atoms with Gasteiger partial charge in [-0.25, -0.2) is 8.42 Å². The van der Waals surface area contributed by atoms with Crippen LogP contribution >= 0.6 is 11.6 Å². The zero-order valence-electron chi connectivity index (χ0n) is 15.4. The van der Waals surface area contributed by atoms with Gasteiger partial charge in [-0.2, -0.15) is 13.2 Å². The van der Waals surface area contributed by atoms with Crippen molar-refractivity contribution in [2.24, 2.45) is 0 Å². The van der Waals surface area contributed by atoms with Crippen LogP contribution in [0.25, 0.3) is 0 Å². The summed E-state index contributed by atoms with van der Waals surface area (Å²) in [7, 11) is -2.66. The van der Waals surface area contributed by atoms with Gasteiger partial charge in [-0.15, -0.1) is 0 Å². The lowest BCUT2D eigenvalue weighted by Gasteiger charge is -2.36. The minimum absolute atomic E-state index is 0.230. The second kappa shape index (κ2) is 8.46. The number of carbonyl (C=O) groups excluding carboxylic acids is 1. The van der Waals surface area contributed by atoms with E-state index >= 15 is 0 Å². The Morgan fingerprint density at radius 1 is 1.29 bits per heavy atom. The van der Waals surface area contributed by atoms with Gasteiger partial charge in [-0.3, -0.25) is 9.10 Å². The van der Waals surface area contributed by atoms with Crippen LogP contribution in [0.15, 0.2) is 18.2 Å². The molecule has 0 radical (unpaired) electrons. The minimum atomic E-state index is -4.70. The third kappa shape index (κ3) is 5.30. The van der Waals surface area contributed by atoms with Crippen LogP contribution in [0, 0.1) is 0 Å². The molecule has 1 N–H and O–H groups in total. The number of nitrogens with zero attached hydrogens (tertiary/aromatic N) is 2. The third-order valence-corrected chi connectivity index (χ3v) is 6.25. The molecule has 0 bridgehead atoms. The van der Waals surface area contributed by atoms with E-state index in [0.29, 0.717) is 23.2 Å². The molecule has 1 fully saturated rings. The Labute approximate surface area is 166 Å². The van der Waals surface area contributed by atoms with Crippen LogP contribution in [0.3, 0.4) is 0 Å². The van der Waals surface area contributed by atoms with Gasteiger partial charge in [0.25, 0.3) is 0 Å². The lowest BCUT2D eigenvalue weighted by Crippen LogP contribution is -2.50. The van der Waals surface area contributed by atoms with E-state index in [9.17, 15) is 31.5 Å². The van der Waals surface area contributed by atoms with Gasteiger partial charge >= 0.3 is 6.18 Å². The maximum atomic E-state index is 13.0. The van der Waals surface area contributed by atoms with Gasteiger partial charge < -0.3 is 10.0 Å². The summed E-state index contributed by atoms with van der Waals surface area (Å²) in [5.74, 6) is -0.648. The first-order valence-corrected chi connectivity index (χ1v) is 10.8. The average molecular weight is 443 g/mol. The smallest absolute Gasteiger partial charge is 0.391 e. The normalized spacial score (nSPS) is 20.7. The molecule has 0 spiro atoms. The number of anilines is 1. The first-order valence-electron chi connectivity index (χ1n) is 8.60. The molecule has 2 unspecified atom stereocenters. The predicted octanol–water partition coefficient (Wildman–Crippen LogP) is 2.89. The van der Waals surface area contributed by atoms with Crippen molar-refractivity contribution in [1.29, 1.82) is 0 Å². The molecular formula is C17H22ClF3N2O4S. The molecule has 1 amide bonds. The van der Waals surface area contributed by atoms with Crippen LogP contribution in [0.2, 0.25) is 5.02 Å². The summed E-state index contributed by atoms with van der Waals surface area (Å²) >= 11 is 5.94. The summed E-state index contributed by atoms with van der Waals surface area (Å²) in [4.78, 5) is 13.9. The summed E-state index contributed by atoms with van der Waals surface area (Å²) in [5.41, 5.74) is -1.51. The summed E-state index contributed by atoms with van der Waals surface area (Å²) in [5, 5.41) is 9.87. The lowest BCUT2D eigenvalue weighted by atomic mass is 9.91. The Kier molecular flexibility index (Phi) is 6.88. The van der Waals surface area contributed by atoms with Gasteiger partial charge in [0, 0.05) is 7.05 Å². The highest BCUT2D eigenvalue weighted by molar-refractivity contribution is 7.92. The molecular weight excluding hydrogens is 421 g/mol. The van der Waals surface area contributed by atoms with Crippen molar-refractivity contribution < 1.29 is 31.5 Å². The second-order valence-corrected chi connectivity index (χ2v) is 9.17. The number of hydrogen-bond acceptors (Lipinski definition) is 4. The fraction of sp³-hybridized carbons (Fsp3) is 0.588. The van der Waals surface area contributed by atoms with Crippen LogP contribution in [-0.4, -0.2) is 56.3 Å². The number of hydrogen-bond donors (Lipinski definition) is 1. The molecule has 1 aromatic carbocycles. The number of aliphatic hydroxyl groups excluding tert-OH is 1. The minimum Gasteiger partial charge on any atom is -0.391 e. The maximum Gasteiger partial charge on any atom is 0.416 e. The maximum absolute atomic E-state index is 13.0. The molecule has 0 aromatic heterocycles. The van der Waals surface area contributed by atoms with Crippen molar-refractivity contribution in [3.63, 3.8) is 0 Å². The number of benzene rings is 1. The van der Waals surface area contributed by atoms with Gasteiger partial charge in [0.1, 0.15) is 6.54 Å². The Balaban J connectivity index is 2.34. The zero-order valence-corrected chi connectivity index (χ0v) is 17.0. The molecule has 1 aromatic rings. The topological polar surface area (TPSA) is 77.9 Å². The number of aliphatic hydroxyl groups is 1. The quantitative estimate of drug-likeness (QED) is 0.760. The lowest BCUT2D eigenvalue weighted by molar-refractivity contribution is -0.137. The molecule has 158 valence electrons. The Hall–Kier alpha value is -1.52. The molecule has 1 aliphatic rings. The van der Waals surface area contributed by atoms with Gasteiger partial charge in [-0.05, 0) is 31.0 Å². The number of sulfonamides is 1.